The van der Waals surface area contributed by atoms with Gasteiger partial charge in [0.25, 0.3) is 0 Å². The maximum absolute atomic E-state index is 6.79. The van der Waals surface area contributed by atoms with Crippen molar-refractivity contribution in [3.8, 4) is 124 Å². The van der Waals surface area contributed by atoms with Gasteiger partial charge < -0.3 is 18.0 Å². The first kappa shape index (κ1) is 65.1. The van der Waals surface area contributed by atoms with E-state index in [9.17, 15) is 0 Å². The van der Waals surface area contributed by atoms with Crippen molar-refractivity contribution in [1.82, 2.24) is 39.0 Å². The molecule has 0 saturated heterocycles. The number of hydrogen-bond acceptors (Lipinski definition) is 8. The summed E-state index contributed by atoms with van der Waals surface area (Å²) in [5.41, 5.74) is 24.8. The Labute approximate surface area is 643 Å². The van der Waals surface area contributed by atoms with Gasteiger partial charge in [-0.05, 0) is 125 Å². The minimum absolute atomic E-state index is 0.628. The summed E-state index contributed by atoms with van der Waals surface area (Å²) in [5, 5.41) is 9.20. The lowest BCUT2D eigenvalue weighted by molar-refractivity contribution is 0.670. The molecule has 0 bridgehead atoms. The van der Waals surface area contributed by atoms with Gasteiger partial charge in [-0.2, -0.15) is 0 Å². The van der Waals surface area contributed by atoms with Crippen molar-refractivity contribution in [1.29, 1.82) is 0 Å². The summed E-state index contributed by atoms with van der Waals surface area (Å²) in [6.45, 7) is 0. The molecule has 10 heteroatoms. The molecule has 6 heterocycles. The van der Waals surface area contributed by atoms with E-state index < -0.39 is 0 Å². The van der Waals surface area contributed by atoms with Gasteiger partial charge in [0.05, 0.1) is 22.1 Å². The molecule has 0 N–H and O–H groups in total. The Balaban J connectivity index is 0.000000141. The predicted octanol–water partition coefficient (Wildman–Crippen LogP) is 26.4. The second-order valence-corrected chi connectivity index (χ2v) is 28.0. The predicted molar refractivity (Wildman–Crippen MR) is 457 cm³/mol. The lowest BCUT2D eigenvalue weighted by atomic mass is 9.99. The van der Waals surface area contributed by atoms with Crippen molar-refractivity contribution < 1.29 is 8.83 Å². The Morgan fingerprint density at radius 2 is 0.446 bits per heavy atom. The van der Waals surface area contributed by atoms with E-state index in [0.29, 0.717) is 34.9 Å². The monoisotopic (exact) mass is 1430 g/mol. The van der Waals surface area contributed by atoms with Crippen molar-refractivity contribution >= 4 is 87.5 Å². The van der Waals surface area contributed by atoms with E-state index in [1.54, 1.807) is 0 Å². The van der Waals surface area contributed by atoms with E-state index in [0.717, 1.165) is 144 Å². The van der Waals surface area contributed by atoms with Crippen LogP contribution in [0.5, 0.6) is 0 Å². The first-order valence-corrected chi connectivity index (χ1v) is 37.5. The summed E-state index contributed by atoms with van der Waals surface area (Å²) in [5.74, 6) is 3.84. The summed E-state index contributed by atoms with van der Waals surface area (Å²) >= 11 is 0. The maximum Gasteiger partial charge on any atom is 0.164 e. The smallest absolute Gasteiger partial charge is 0.164 e. The van der Waals surface area contributed by atoms with E-state index in [1.165, 1.54) is 32.7 Å². The molecule has 112 heavy (non-hydrogen) atoms. The highest BCUT2D eigenvalue weighted by Crippen LogP contribution is 2.45. The summed E-state index contributed by atoms with van der Waals surface area (Å²) in [6.07, 6.45) is 0. The molecule has 16 aromatic carbocycles. The quantitative estimate of drug-likeness (QED) is 0.119. The van der Waals surface area contributed by atoms with Crippen LogP contribution < -0.4 is 0 Å². The maximum atomic E-state index is 6.79. The second kappa shape index (κ2) is 27.5. The fourth-order valence-corrected chi connectivity index (χ4v) is 16.0. The molecule has 0 aliphatic heterocycles. The molecular weight excluding hydrogens is 1370 g/mol. The Kier molecular flexibility index (Phi) is 16.0. The first-order valence-electron chi connectivity index (χ1n) is 37.5. The number of furan rings is 2. The lowest BCUT2D eigenvalue weighted by Gasteiger charge is -2.11. The molecule has 0 saturated carbocycles. The topological polar surface area (TPSA) is 113 Å². The van der Waals surface area contributed by atoms with Crippen LogP contribution in [0, 0.1) is 0 Å². The average Bonchev–Trinajstić information content (AvgIpc) is 1.59. The Bertz CT molecular complexity index is 7210. The molecule has 0 fully saturated rings. The van der Waals surface area contributed by atoms with Crippen molar-refractivity contribution in [3.05, 3.63) is 388 Å². The summed E-state index contributed by atoms with van der Waals surface area (Å²) < 4.78 is 18.0. The van der Waals surface area contributed by atoms with Crippen LogP contribution >= 0.6 is 0 Å². The Morgan fingerprint density at radius 3 is 0.866 bits per heavy atom. The Morgan fingerprint density at radius 1 is 0.170 bits per heavy atom. The number of para-hydroxylation sites is 5. The molecule has 0 spiro atoms. The van der Waals surface area contributed by atoms with Crippen LogP contribution in [0.15, 0.2) is 397 Å². The van der Waals surface area contributed by atoms with Crippen LogP contribution in [0.25, 0.3) is 212 Å². The first-order chi connectivity index (χ1) is 55.5. The lowest BCUT2D eigenvalue weighted by Crippen LogP contribution is -2.00. The minimum Gasteiger partial charge on any atom is -0.455 e. The van der Waals surface area contributed by atoms with Crippen molar-refractivity contribution in [2.45, 2.75) is 0 Å². The van der Waals surface area contributed by atoms with Gasteiger partial charge in [0.15, 0.2) is 34.9 Å². The molecule has 6 aromatic heterocycles. The minimum atomic E-state index is 0.628. The number of rotatable bonds is 12. The van der Waals surface area contributed by atoms with Crippen molar-refractivity contribution in [2.75, 3.05) is 0 Å². The van der Waals surface area contributed by atoms with Gasteiger partial charge in [0.1, 0.15) is 22.3 Å². The third-order valence-electron chi connectivity index (χ3n) is 21.3. The SMILES string of the molecule is c1ccc(-c2ccc3c(c2)c2cc(-c4cccc5c4oc4ccccc45)ccc2n3-c2ccc(-c3nc(-c4ccccc4)nc(-c4ccccc4)n3)cc2)cc1.c1ccc(-c2nc(-c3ccccc3)nc(-c3ccc(-n4c5ccccc5c5cc(-c6cccc7c6oc6c(-c8ccccc8)cccc67)ccc54)cc3)n2)cc1. The third kappa shape index (κ3) is 11.6. The van der Waals surface area contributed by atoms with Crippen molar-refractivity contribution in [2.24, 2.45) is 0 Å². The molecule has 0 atom stereocenters. The fourth-order valence-electron chi connectivity index (χ4n) is 16.0. The molecule has 0 aliphatic carbocycles. The van der Waals surface area contributed by atoms with Crippen molar-refractivity contribution in [3.63, 3.8) is 0 Å². The van der Waals surface area contributed by atoms with Crippen LogP contribution in [0.1, 0.15) is 0 Å². The molecular formula is C102H64N8O2. The van der Waals surface area contributed by atoms with E-state index in [2.05, 4.69) is 258 Å². The molecule has 22 aromatic rings. The normalized spacial score (nSPS) is 11.6. The number of hydrogen-bond donors (Lipinski definition) is 0. The van der Waals surface area contributed by atoms with Gasteiger partial charge in [0, 0.05) is 105 Å². The largest absolute Gasteiger partial charge is 0.455 e. The Hall–Kier alpha value is -15.3. The molecule has 10 nitrogen and oxygen atoms in total. The number of fused-ring (bicyclic) bond motifs is 12. The standard InChI is InChI=1S/2C51H32N4O/c1-4-14-33(15-5-1)39-21-12-23-42-43-24-13-22-40(48(43)56-47(39)42)37-28-31-46-44(32-37)41-20-10-11-25-45(41)55(46)38-29-26-36(27-30-38)51-53-49(34-16-6-2-7-17-34)52-50(54-51)35-18-8-3-9-19-35;1-4-13-33(14-5-1)37-25-29-45-43(31-37)44-32-38(40-20-12-21-42-41-19-10-11-22-47(41)56-48(40)42)26-30-46(44)55(45)39-27-23-36(24-28-39)51-53-49(34-15-6-2-7-16-34)52-50(54-51)35-17-8-3-9-18-35/h2*1-32H. The highest BCUT2D eigenvalue weighted by molar-refractivity contribution is 6.17. The van der Waals surface area contributed by atoms with E-state index in [-0.39, 0.29) is 0 Å². The molecule has 0 aliphatic rings. The van der Waals surface area contributed by atoms with Gasteiger partial charge in [-0.25, -0.2) is 29.9 Å². The van der Waals surface area contributed by atoms with Gasteiger partial charge >= 0.3 is 0 Å². The number of benzene rings is 16. The van der Waals surface area contributed by atoms with Crippen LogP contribution in [-0.4, -0.2) is 39.0 Å². The van der Waals surface area contributed by atoms with Crippen LogP contribution in [-0.2, 0) is 0 Å². The van der Waals surface area contributed by atoms with Gasteiger partial charge in [-0.15, -0.1) is 0 Å². The summed E-state index contributed by atoms with van der Waals surface area (Å²) in [7, 11) is 0. The third-order valence-corrected chi connectivity index (χ3v) is 21.3. The summed E-state index contributed by atoms with van der Waals surface area (Å²) in [6, 6.07) is 135. The fraction of sp³-hybridized carbons (Fsp3) is 0. The zero-order valence-electron chi connectivity index (χ0n) is 60.3. The van der Waals surface area contributed by atoms with Crippen LogP contribution in [0.3, 0.4) is 0 Å². The number of nitrogens with zero attached hydrogens (tertiary/aromatic N) is 8. The molecule has 0 radical (unpaired) electrons. The molecule has 524 valence electrons. The van der Waals surface area contributed by atoms with Gasteiger partial charge in [-0.1, -0.05) is 291 Å². The summed E-state index contributed by atoms with van der Waals surface area (Å²) in [4.78, 5) is 29.6. The highest BCUT2D eigenvalue weighted by atomic mass is 16.3. The highest BCUT2D eigenvalue weighted by Gasteiger charge is 2.23. The average molecular weight is 1430 g/mol. The zero-order chi connectivity index (χ0) is 74.0. The van der Waals surface area contributed by atoms with Gasteiger partial charge in [-0.3, -0.25) is 0 Å². The van der Waals surface area contributed by atoms with Gasteiger partial charge in [0.2, 0.25) is 0 Å². The van der Waals surface area contributed by atoms with E-state index in [4.69, 9.17) is 38.7 Å². The number of aromatic nitrogens is 8. The van der Waals surface area contributed by atoms with Crippen LogP contribution in [0.2, 0.25) is 0 Å². The van der Waals surface area contributed by atoms with E-state index >= 15 is 0 Å². The molecule has 0 amide bonds. The second-order valence-electron chi connectivity index (χ2n) is 28.0. The van der Waals surface area contributed by atoms with E-state index in [1.807, 2.05) is 140 Å². The zero-order valence-corrected chi connectivity index (χ0v) is 60.3. The van der Waals surface area contributed by atoms with Crippen LogP contribution in [0.4, 0.5) is 0 Å². The molecule has 0 unspecified atom stereocenters. The molecule has 22 rings (SSSR count).